The first-order chi connectivity index (χ1) is 16.0. The molecule has 0 fully saturated rings. The molecule has 0 aliphatic heterocycles. The normalized spacial score (nSPS) is 10.5. The molecule has 0 aliphatic rings. The van der Waals surface area contributed by atoms with Gasteiger partial charge in [0.1, 0.15) is 16.6 Å². The van der Waals surface area contributed by atoms with Crippen molar-refractivity contribution in [2.24, 2.45) is 0 Å². The highest BCUT2D eigenvalue weighted by Crippen LogP contribution is 2.40. The molecular formula is C26H21FN2O3S. The Morgan fingerprint density at radius 3 is 2.27 bits per heavy atom. The van der Waals surface area contributed by atoms with E-state index >= 15 is 0 Å². The lowest BCUT2D eigenvalue weighted by Gasteiger charge is -2.10. The van der Waals surface area contributed by atoms with E-state index in [0.29, 0.717) is 22.0 Å². The molecule has 0 aliphatic carbocycles. The van der Waals surface area contributed by atoms with Crippen LogP contribution in [0.2, 0.25) is 0 Å². The Hall–Kier alpha value is -3.97. The number of carbonyl (C=O) groups excluding carboxylic acids is 2. The van der Waals surface area contributed by atoms with Gasteiger partial charge in [-0.05, 0) is 60.5 Å². The van der Waals surface area contributed by atoms with E-state index in [0.717, 1.165) is 22.1 Å². The average Bonchev–Trinajstić information content (AvgIpc) is 3.15. The van der Waals surface area contributed by atoms with Gasteiger partial charge in [-0.1, -0.05) is 36.4 Å². The fraction of sp³-hybridized carbons (Fsp3) is 0.0769. The molecule has 0 atom stereocenters. The summed E-state index contributed by atoms with van der Waals surface area (Å²) in [6, 6.07) is 22.0. The lowest BCUT2D eigenvalue weighted by atomic mass is 10.1. The molecule has 7 heteroatoms. The first-order valence-electron chi connectivity index (χ1n) is 10.2. The van der Waals surface area contributed by atoms with Gasteiger partial charge in [-0.3, -0.25) is 9.59 Å². The van der Waals surface area contributed by atoms with Crippen molar-refractivity contribution in [1.29, 1.82) is 0 Å². The van der Waals surface area contributed by atoms with E-state index in [-0.39, 0.29) is 11.5 Å². The van der Waals surface area contributed by atoms with Crippen molar-refractivity contribution in [2.75, 3.05) is 17.7 Å². The zero-order chi connectivity index (χ0) is 23.4. The Labute approximate surface area is 194 Å². The topological polar surface area (TPSA) is 67.4 Å². The van der Waals surface area contributed by atoms with E-state index in [2.05, 4.69) is 10.6 Å². The van der Waals surface area contributed by atoms with E-state index in [1.165, 1.54) is 29.5 Å². The summed E-state index contributed by atoms with van der Waals surface area (Å²) in [7, 11) is 1.57. The van der Waals surface area contributed by atoms with Crippen LogP contribution in [0.25, 0.3) is 10.4 Å². The minimum Gasteiger partial charge on any atom is -0.497 e. The van der Waals surface area contributed by atoms with Crippen LogP contribution in [-0.4, -0.2) is 18.9 Å². The van der Waals surface area contributed by atoms with Gasteiger partial charge in [0.2, 0.25) is 0 Å². The van der Waals surface area contributed by atoms with Gasteiger partial charge in [-0.25, -0.2) is 4.39 Å². The second-order valence-corrected chi connectivity index (χ2v) is 8.29. The highest BCUT2D eigenvalue weighted by molar-refractivity contribution is 7.20. The van der Waals surface area contributed by atoms with E-state index in [9.17, 15) is 14.0 Å². The van der Waals surface area contributed by atoms with Gasteiger partial charge in [-0.2, -0.15) is 0 Å². The van der Waals surface area contributed by atoms with Crippen LogP contribution in [0.4, 0.5) is 15.1 Å². The Morgan fingerprint density at radius 1 is 0.879 bits per heavy atom. The summed E-state index contributed by atoms with van der Waals surface area (Å²) in [5.74, 6) is -0.680. The molecule has 0 saturated heterocycles. The first-order valence-corrected chi connectivity index (χ1v) is 11.0. The molecule has 1 aromatic heterocycles. The number of ether oxygens (including phenoxy) is 1. The quantitative estimate of drug-likeness (QED) is 0.351. The summed E-state index contributed by atoms with van der Waals surface area (Å²) in [6.07, 6.45) is 0. The molecule has 166 valence electrons. The zero-order valence-corrected chi connectivity index (χ0v) is 18.8. The van der Waals surface area contributed by atoms with Gasteiger partial charge in [0, 0.05) is 16.1 Å². The van der Waals surface area contributed by atoms with Gasteiger partial charge in [0.25, 0.3) is 11.8 Å². The number of hydrogen-bond donors (Lipinski definition) is 2. The Bertz CT molecular complexity index is 1300. The minimum atomic E-state index is -0.507. The number of nitrogens with one attached hydrogen (secondary N) is 2. The van der Waals surface area contributed by atoms with Crippen molar-refractivity contribution in [3.8, 4) is 16.2 Å². The molecule has 5 nitrogen and oxygen atoms in total. The number of anilines is 2. The van der Waals surface area contributed by atoms with Crippen LogP contribution in [0.3, 0.4) is 0 Å². The maximum absolute atomic E-state index is 13.6. The number of thiophene rings is 1. The highest BCUT2D eigenvalue weighted by atomic mass is 32.1. The van der Waals surface area contributed by atoms with Crippen LogP contribution in [-0.2, 0) is 0 Å². The van der Waals surface area contributed by atoms with Gasteiger partial charge in [-0.15, -0.1) is 11.3 Å². The maximum atomic E-state index is 13.6. The molecule has 2 N–H and O–H groups in total. The minimum absolute atomic E-state index is 0.170. The molecule has 2 amide bonds. The molecule has 1 heterocycles. The third-order valence-electron chi connectivity index (χ3n) is 5.07. The molecule has 0 radical (unpaired) electrons. The van der Waals surface area contributed by atoms with Gasteiger partial charge < -0.3 is 15.4 Å². The summed E-state index contributed by atoms with van der Waals surface area (Å²) in [6.45, 7) is 1.85. The third kappa shape index (κ3) is 4.94. The van der Waals surface area contributed by atoms with Crippen molar-refractivity contribution in [2.45, 2.75) is 6.92 Å². The Kier molecular flexibility index (Phi) is 6.51. The van der Waals surface area contributed by atoms with Crippen molar-refractivity contribution < 1.29 is 18.7 Å². The van der Waals surface area contributed by atoms with Crippen LogP contribution >= 0.6 is 11.3 Å². The number of methoxy groups -OCH3 is 1. The number of rotatable bonds is 6. The third-order valence-corrected chi connectivity index (χ3v) is 6.33. The molecular weight excluding hydrogens is 439 g/mol. The molecule has 4 aromatic rings. The van der Waals surface area contributed by atoms with E-state index in [4.69, 9.17) is 4.74 Å². The SMILES string of the molecule is COc1ccc(NC(=O)c2c(NC(=O)c3cccc(F)c3)sc(-c3ccccc3)c2C)cc1. The summed E-state index contributed by atoms with van der Waals surface area (Å²) < 4.78 is 18.8. The molecule has 4 rings (SSSR count). The number of hydrogen-bond acceptors (Lipinski definition) is 4. The molecule has 0 saturated carbocycles. The number of benzene rings is 3. The molecule has 33 heavy (non-hydrogen) atoms. The first kappa shape index (κ1) is 22.2. The van der Waals surface area contributed by atoms with Crippen molar-refractivity contribution in [1.82, 2.24) is 0 Å². The zero-order valence-electron chi connectivity index (χ0n) is 18.0. The molecule has 3 aromatic carbocycles. The second kappa shape index (κ2) is 9.67. The summed E-state index contributed by atoms with van der Waals surface area (Å²) in [5.41, 5.74) is 2.80. The highest BCUT2D eigenvalue weighted by Gasteiger charge is 2.24. The lowest BCUT2D eigenvalue weighted by Crippen LogP contribution is -2.17. The van der Waals surface area contributed by atoms with Crippen molar-refractivity contribution in [3.05, 3.63) is 101 Å². The largest absolute Gasteiger partial charge is 0.497 e. The standard InChI is InChI=1S/C26H21FN2O3S/c1-16-22(25(31)28-20-11-13-21(32-2)14-12-20)26(33-23(16)17-7-4-3-5-8-17)29-24(30)18-9-6-10-19(27)15-18/h3-15H,1-2H3,(H,28,31)(H,29,30). The summed E-state index contributed by atoms with van der Waals surface area (Å²) >= 11 is 1.30. The molecule has 0 unspecified atom stereocenters. The van der Waals surface area contributed by atoms with Crippen LogP contribution in [0.5, 0.6) is 5.75 Å². The van der Waals surface area contributed by atoms with Crippen molar-refractivity contribution >= 4 is 33.8 Å². The predicted molar refractivity (Wildman–Crippen MR) is 130 cm³/mol. The smallest absolute Gasteiger partial charge is 0.258 e. The van der Waals surface area contributed by atoms with E-state index in [1.54, 1.807) is 31.4 Å². The van der Waals surface area contributed by atoms with Crippen molar-refractivity contribution in [3.63, 3.8) is 0 Å². The average molecular weight is 461 g/mol. The van der Waals surface area contributed by atoms with Gasteiger partial charge in [0.05, 0.1) is 12.7 Å². The van der Waals surface area contributed by atoms with E-state index < -0.39 is 11.7 Å². The number of halogens is 1. The molecule has 0 bridgehead atoms. The lowest BCUT2D eigenvalue weighted by molar-refractivity contribution is 0.102. The second-order valence-electron chi connectivity index (χ2n) is 7.27. The summed E-state index contributed by atoms with van der Waals surface area (Å²) in [4.78, 5) is 27.0. The summed E-state index contributed by atoms with van der Waals surface area (Å²) in [5, 5.41) is 6.08. The maximum Gasteiger partial charge on any atom is 0.258 e. The fourth-order valence-electron chi connectivity index (χ4n) is 3.41. The molecule has 0 spiro atoms. The van der Waals surface area contributed by atoms with Crippen LogP contribution in [0, 0.1) is 12.7 Å². The van der Waals surface area contributed by atoms with Crippen LogP contribution < -0.4 is 15.4 Å². The predicted octanol–water partition coefficient (Wildman–Crippen LogP) is 6.38. The Balaban J connectivity index is 1.71. The number of carbonyl (C=O) groups is 2. The van der Waals surface area contributed by atoms with Crippen LogP contribution in [0.1, 0.15) is 26.3 Å². The van der Waals surface area contributed by atoms with E-state index in [1.807, 2.05) is 37.3 Å². The van der Waals surface area contributed by atoms with Gasteiger partial charge >= 0.3 is 0 Å². The Morgan fingerprint density at radius 2 is 1.61 bits per heavy atom. The van der Waals surface area contributed by atoms with Gasteiger partial charge in [0.15, 0.2) is 0 Å². The monoisotopic (exact) mass is 460 g/mol. The van der Waals surface area contributed by atoms with Crippen LogP contribution in [0.15, 0.2) is 78.9 Å². The fourth-order valence-corrected chi connectivity index (χ4v) is 4.62. The number of amides is 2.